The molecular formula is C16H16ClN2OS+. The molecule has 1 N–H and O–H groups in total. The van der Waals surface area contributed by atoms with Crippen LogP contribution in [0.3, 0.4) is 0 Å². The van der Waals surface area contributed by atoms with Crippen molar-refractivity contribution in [3.8, 4) is 0 Å². The summed E-state index contributed by atoms with van der Waals surface area (Å²) in [4.78, 5) is 17.5. The third-order valence-corrected chi connectivity index (χ3v) is 5.64. The average molecular weight is 320 g/mol. The standard InChI is InChI=1S/C16H15ClN2OS/c17-11-5-7-12(8-6-11)19-15(14-4-2-10-21-14)18-9-1-3-13(18)16(19)20/h2,4-8,10,13,15H,1,3,9H2/p+1. The van der Waals surface area contributed by atoms with E-state index in [0.717, 1.165) is 25.1 Å². The number of nitrogens with zero attached hydrogens (tertiary/aromatic N) is 1. The van der Waals surface area contributed by atoms with Crippen molar-refractivity contribution < 1.29 is 9.69 Å². The van der Waals surface area contributed by atoms with Crippen LogP contribution in [0.25, 0.3) is 0 Å². The van der Waals surface area contributed by atoms with Crippen LogP contribution >= 0.6 is 22.9 Å². The fraction of sp³-hybridized carbons (Fsp3) is 0.312. The number of amides is 1. The number of anilines is 1. The number of hydrogen-bond acceptors (Lipinski definition) is 2. The maximum absolute atomic E-state index is 12.9. The monoisotopic (exact) mass is 319 g/mol. The third-order valence-electron chi connectivity index (χ3n) is 4.47. The zero-order valence-corrected chi connectivity index (χ0v) is 13.0. The normalized spacial score (nSPS) is 28.1. The van der Waals surface area contributed by atoms with E-state index in [1.165, 1.54) is 9.78 Å². The van der Waals surface area contributed by atoms with E-state index in [-0.39, 0.29) is 18.1 Å². The molecule has 0 spiro atoms. The van der Waals surface area contributed by atoms with Gasteiger partial charge in [-0.1, -0.05) is 17.7 Å². The van der Waals surface area contributed by atoms with Crippen molar-refractivity contribution in [1.29, 1.82) is 0 Å². The van der Waals surface area contributed by atoms with E-state index in [4.69, 9.17) is 11.6 Å². The van der Waals surface area contributed by atoms with Crippen LogP contribution in [0.5, 0.6) is 0 Å². The van der Waals surface area contributed by atoms with Gasteiger partial charge in [0.1, 0.15) is 0 Å². The van der Waals surface area contributed by atoms with Crippen LogP contribution < -0.4 is 9.80 Å². The first-order chi connectivity index (χ1) is 10.3. The highest BCUT2D eigenvalue weighted by atomic mass is 35.5. The highest BCUT2D eigenvalue weighted by molar-refractivity contribution is 7.10. The molecule has 0 radical (unpaired) electrons. The Bertz CT molecular complexity index is 655. The molecule has 2 fully saturated rings. The van der Waals surface area contributed by atoms with Crippen molar-refractivity contribution >= 4 is 34.5 Å². The minimum Gasteiger partial charge on any atom is -0.300 e. The highest BCUT2D eigenvalue weighted by Crippen LogP contribution is 2.33. The van der Waals surface area contributed by atoms with Gasteiger partial charge in [-0.05, 0) is 35.7 Å². The molecule has 3 unspecified atom stereocenters. The molecule has 2 aromatic rings. The van der Waals surface area contributed by atoms with Crippen LogP contribution in [0, 0.1) is 0 Å². The molecule has 0 saturated carbocycles. The van der Waals surface area contributed by atoms with Crippen molar-refractivity contribution in [3.05, 3.63) is 51.7 Å². The Morgan fingerprint density at radius 1 is 1.24 bits per heavy atom. The van der Waals surface area contributed by atoms with E-state index in [1.54, 1.807) is 11.3 Å². The molecular weight excluding hydrogens is 304 g/mol. The van der Waals surface area contributed by atoms with E-state index in [2.05, 4.69) is 17.5 Å². The second-order valence-electron chi connectivity index (χ2n) is 5.62. The highest BCUT2D eigenvalue weighted by Gasteiger charge is 2.53. The van der Waals surface area contributed by atoms with E-state index < -0.39 is 0 Å². The van der Waals surface area contributed by atoms with Crippen molar-refractivity contribution in [2.24, 2.45) is 0 Å². The summed E-state index contributed by atoms with van der Waals surface area (Å²) in [5.41, 5.74) is 0.949. The lowest BCUT2D eigenvalue weighted by atomic mass is 10.2. The molecule has 2 aliphatic rings. The zero-order chi connectivity index (χ0) is 14.4. The molecule has 1 amide bonds. The minimum atomic E-state index is 0.117. The van der Waals surface area contributed by atoms with Crippen LogP contribution in [0.15, 0.2) is 41.8 Å². The van der Waals surface area contributed by atoms with Crippen LogP contribution in [-0.2, 0) is 4.79 Å². The number of quaternary nitrogens is 1. The van der Waals surface area contributed by atoms with Gasteiger partial charge in [-0.15, -0.1) is 11.3 Å². The van der Waals surface area contributed by atoms with E-state index in [0.29, 0.717) is 5.02 Å². The molecule has 3 atom stereocenters. The van der Waals surface area contributed by atoms with Crippen LogP contribution in [0.4, 0.5) is 5.69 Å². The Morgan fingerprint density at radius 3 is 2.76 bits per heavy atom. The predicted octanol–water partition coefficient (Wildman–Crippen LogP) is 2.49. The first kappa shape index (κ1) is 13.3. The smallest absolute Gasteiger partial charge is 0.290 e. The maximum Gasteiger partial charge on any atom is 0.290 e. The zero-order valence-electron chi connectivity index (χ0n) is 11.5. The summed E-state index contributed by atoms with van der Waals surface area (Å²) in [6.45, 7) is 1.07. The first-order valence-corrected chi connectivity index (χ1v) is 8.49. The number of hydrogen-bond donors (Lipinski definition) is 1. The largest absolute Gasteiger partial charge is 0.300 e. The van der Waals surface area contributed by atoms with Gasteiger partial charge in [-0.3, -0.25) is 9.69 Å². The van der Waals surface area contributed by atoms with Gasteiger partial charge in [-0.25, -0.2) is 0 Å². The summed E-state index contributed by atoms with van der Waals surface area (Å²) >= 11 is 7.71. The molecule has 1 aromatic heterocycles. The van der Waals surface area contributed by atoms with Gasteiger partial charge in [0.25, 0.3) is 5.91 Å². The summed E-state index contributed by atoms with van der Waals surface area (Å²) in [6.07, 6.45) is 2.26. The van der Waals surface area contributed by atoms with E-state index in [1.807, 2.05) is 29.2 Å². The number of carbonyl (C=O) groups excluding carboxylic acids is 1. The number of halogens is 1. The quantitative estimate of drug-likeness (QED) is 0.904. The van der Waals surface area contributed by atoms with Gasteiger partial charge < -0.3 is 4.90 Å². The number of fused-ring (bicyclic) bond motifs is 1. The van der Waals surface area contributed by atoms with Crippen LogP contribution in [0.2, 0.25) is 5.02 Å². The lowest BCUT2D eigenvalue weighted by Gasteiger charge is -2.25. The summed E-state index contributed by atoms with van der Waals surface area (Å²) in [6, 6.07) is 11.9. The van der Waals surface area contributed by atoms with Crippen molar-refractivity contribution in [3.63, 3.8) is 0 Å². The topological polar surface area (TPSA) is 24.8 Å². The molecule has 2 aliphatic heterocycles. The van der Waals surface area contributed by atoms with E-state index in [9.17, 15) is 4.79 Å². The second-order valence-corrected chi connectivity index (χ2v) is 7.04. The number of nitrogens with one attached hydrogen (secondary N) is 1. The predicted molar refractivity (Wildman–Crippen MR) is 84.8 cm³/mol. The molecule has 2 saturated heterocycles. The number of thiophene rings is 1. The first-order valence-electron chi connectivity index (χ1n) is 7.23. The molecule has 0 aliphatic carbocycles. The van der Waals surface area contributed by atoms with Crippen molar-refractivity contribution in [1.82, 2.24) is 0 Å². The van der Waals surface area contributed by atoms with Gasteiger partial charge in [-0.2, -0.15) is 0 Å². The molecule has 1 aromatic carbocycles. The molecule has 3 nitrogen and oxygen atoms in total. The fourth-order valence-corrected chi connectivity index (χ4v) is 4.56. The van der Waals surface area contributed by atoms with Gasteiger partial charge in [0.15, 0.2) is 6.04 Å². The minimum absolute atomic E-state index is 0.117. The van der Waals surface area contributed by atoms with Crippen LogP contribution in [0.1, 0.15) is 23.9 Å². The summed E-state index contributed by atoms with van der Waals surface area (Å²) in [7, 11) is 0. The number of rotatable bonds is 2. The van der Waals surface area contributed by atoms with Gasteiger partial charge >= 0.3 is 0 Å². The SMILES string of the molecule is O=C1C2CCC[NH+]2C(c2cccs2)N1c1ccc(Cl)cc1. The molecule has 108 valence electrons. The molecule has 3 heterocycles. The molecule has 4 rings (SSSR count). The fourth-order valence-electron chi connectivity index (χ4n) is 3.58. The Morgan fingerprint density at radius 2 is 2.05 bits per heavy atom. The molecule has 0 bridgehead atoms. The third kappa shape index (κ3) is 2.09. The summed E-state index contributed by atoms with van der Waals surface area (Å²) in [5, 5.41) is 2.79. The number of carbonyl (C=O) groups is 1. The molecule has 5 heteroatoms. The van der Waals surface area contributed by atoms with Crippen LogP contribution in [-0.4, -0.2) is 18.5 Å². The maximum atomic E-state index is 12.9. The van der Waals surface area contributed by atoms with Crippen molar-refractivity contribution in [2.45, 2.75) is 25.0 Å². The molecule has 21 heavy (non-hydrogen) atoms. The van der Waals surface area contributed by atoms with Crippen molar-refractivity contribution in [2.75, 3.05) is 11.4 Å². The Hall–Kier alpha value is -1.36. The Balaban J connectivity index is 1.79. The lowest BCUT2D eigenvalue weighted by Crippen LogP contribution is -3.12. The van der Waals surface area contributed by atoms with Gasteiger partial charge in [0, 0.05) is 17.9 Å². The van der Waals surface area contributed by atoms with Gasteiger partial charge in [0.05, 0.1) is 17.1 Å². The Labute approximate surface area is 132 Å². The van der Waals surface area contributed by atoms with E-state index >= 15 is 0 Å². The summed E-state index contributed by atoms with van der Waals surface area (Å²) in [5.74, 6) is 0.253. The average Bonchev–Trinajstić information content (AvgIpc) is 3.19. The number of benzene rings is 1. The second kappa shape index (κ2) is 5.13. The lowest BCUT2D eigenvalue weighted by molar-refractivity contribution is -0.924. The van der Waals surface area contributed by atoms with Gasteiger partial charge in [0.2, 0.25) is 6.17 Å². The Kier molecular flexibility index (Phi) is 3.25. The summed E-state index contributed by atoms with van der Waals surface area (Å²) < 4.78 is 0.